The summed E-state index contributed by atoms with van der Waals surface area (Å²) < 4.78 is 4.70. The Balaban J connectivity index is 2.10. The predicted octanol–water partition coefficient (Wildman–Crippen LogP) is 1.77. The molecule has 0 aromatic heterocycles. The molecule has 18 heavy (non-hydrogen) atoms. The SMILES string of the molecule is COC(=O)[C@@H]1CC(=O)N(C(C)c2ccccc2)C1. The van der Waals surface area contributed by atoms with Crippen LogP contribution in [-0.2, 0) is 14.3 Å². The number of carbonyl (C=O) groups excluding carboxylic acids is 2. The lowest BCUT2D eigenvalue weighted by Crippen LogP contribution is -2.29. The molecule has 0 spiro atoms. The third kappa shape index (κ3) is 2.37. The maximum Gasteiger partial charge on any atom is 0.310 e. The van der Waals surface area contributed by atoms with Gasteiger partial charge in [-0.25, -0.2) is 0 Å². The largest absolute Gasteiger partial charge is 0.469 e. The molecule has 0 saturated carbocycles. The highest BCUT2D eigenvalue weighted by molar-refractivity contribution is 5.87. The normalized spacial score (nSPS) is 20.9. The number of esters is 1. The summed E-state index contributed by atoms with van der Waals surface area (Å²) in [5, 5.41) is 0. The Morgan fingerprint density at radius 3 is 2.67 bits per heavy atom. The fourth-order valence-electron chi connectivity index (χ4n) is 2.34. The summed E-state index contributed by atoms with van der Waals surface area (Å²) in [4.78, 5) is 25.1. The van der Waals surface area contributed by atoms with Gasteiger partial charge in [0.15, 0.2) is 0 Å². The molecule has 1 saturated heterocycles. The smallest absolute Gasteiger partial charge is 0.310 e. The van der Waals surface area contributed by atoms with Gasteiger partial charge in [0.1, 0.15) is 0 Å². The number of ether oxygens (including phenoxy) is 1. The van der Waals surface area contributed by atoms with Crippen LogP contribution in [0.2, 0.25) is 0 Å². The highest BCUT2D eigenvalue weighted by Crippen LogP contribution is 2.28. The lowest BCUT2D eigenvalue weighted by Gasteiger charge is -2.25. The van der Waals surface area contributed by atoms with E-state index in [1.807, 2.05) is 37.3 Å². The van der Waals surface area contributed by atoms with Crippen LogP contribution in [-0.4, -0.2) is 30.4 Å². The Bertz CT molecular complexity index is 444. The van der Waals surface area contributed by atoms with Gasteiger partial charge < -0.3 is 9.64 Å². The van der Waals surface area contributed by atoms with E-state index in [9.17, 15) is 9.59 Å². The second kappa shape index (κ2) is 5.21. The van der Waals surface area contributed by atoms with E-state index in [2.05, 4.69) is 0 Å². The van der Waals surface area contributed by atoms with Crippen LogP contribution in [0.25, 0.3) is 0 Å². The molecule has 0 N–H and O–H groups in total. The average molecular weight is 247 g/mol. The minimum Gasteiger partial charge on any atom is -0.469 e. The molecular weight excluding hydrogens is 230 g/mol. The minimum absolute atomic E-state index is 0.00615. The van der Waals surface area contributed by atoms with Crippen molar-refractivity contribution in [1.82, 2.24) is 4.90 Å². The van der Waals surface area contributed by atoms with Crippen molar-refractivity contribution < 1.29 is 14.3 Å². The van der Waals surface area contributed by atoms with Crippen molar-refractivity contribution in [3.63, 3.8) is 0 Å². The standard InChI is InChI=1S/C14H17NO3/c1-10(11-6-4-3-5-7-11)15-9-12(8-13(15)16)14(17)18-2/h3-7,10,12H,8-9H2,1-2H3/t10?,12-/m1/s1. The molecule has 1 fully saturated rings. The van der Waals surface area contributed by atoms with Crippen LogP contribution in [0.4, 0.5) is 0 Å². The van der Waals surface area contributed by atoms with Gasteiger partial charge >= 0.3 is 5.97 Å². The number of rotatable bonds is 3. The van der Waals surface area contributed by atoms with Gasteiger partial charge in [-0.15, -0.1) is 0 Å². The van der Waals surface area contributed by atoms with E-state index >= 15 is 0 Å². The van der Waals surface area contributed by atoms with Gasteiger partial charge in [-0.3, -0.25) is 9.59 Å². The lowest BCUT2D eigenvalue weighted by molar-refractivity contribution is -0.145. The predicted molar refractivity (Wildman–Crippen MR) is 66.7 cm³/mol. The average Bonchev–Trinajstić information content (AvgIpc) is 2.80. The van der Waals surface area contributed by atoms with Crippen molar-refractivity contribution in [2.24, 2.45) is 5.92 Å². The number of methoxy groups -OCH3 is 1. The first-order valence-electron chi connectivity index (χ1n) is 6.05. The Kier molecular flexibility index (Phi) is 3.65. The second-order valence-corrected chi connectivity index (χ2v) is 4.56. The van der Waals surface area contributed by atoms with Crippen molar-refractivity contribution in [1.29, 1.82) is 0 Å². The van der Waals surface area contributed by atoms with Crippen molar-refractivity contribution in [3.8, 4) is 0 Å². The molecule has 1 amide bonds. The van der Waals surface area contributed by atoms with Gasteiger partial charge in [-0.05, 0) is 12.5 Å². The summed E-state index contributed by atoms with van der Waals surface area (Å²) in [6.45, 7) is 2.43. The van der Waals surface area contributed by atoms with E-state index in [-0.39, 0.29) is 30.3 Å². The van der Waals surface area contributed by atoms with E-state index in [0.29, 0.717) is 6.54 Å². The van der Waals surface area contributed by atoms with E-state index in [4.69, 9.17) is 4.74 Å². The molecule has 0 bridgehead atoms. The number of nitrogens with zero attached hydrogens (tertiary/aromatic N) is 1. The summed E-state index contributed by atoms with van der Waals surface area (Å²) in [6, 6.07) is 9.81. The second-order valence-electron chi connectivity index (χ2n) is 4.56. The van der Waals surface area contributed by atoms with Gasteiger partial charge in [0.05, 0.1) is 19.1 Å². The third-order valence-electron chi connectivity index (χ3n) is 3.44. The first kappa shape index (κ1) is 12.6. The number of carbonyl (C=O) groups is 2. The van der Waals surface area contributed by atoms with Crippen molar-refractivity contribution in [3.05, 3.63) is 35.9 Å². The molecule has 1 aliphatic heterocycles. The molecule has 1 aromatic rings. The molecule has 96 valence electrons. The van der Waals surface area contributed by atoms with E-state index < -0.39 is 0 Å². The van der Waals surface area contributed by atoms with Crippen molar-refractivity contribution in [2.45, 2.75) is 19.4 Å². The summed E-state index contributed by atoms with van der Waals surface area (Å²) in [5.74, 6) is -0.610. The van der Waals surface area contributed by atoms with E-state index in [1.54, 1.807) is 4.90 Å². The molecule has 4 heteroatoms. The van der Waals surface area contributed by atoms with Crippen LogP contribution < -0.4 is 0 Å². The molecule has 0 aliphatic carbocycles. The first-order chi connectivity index (χ1) is 8.63. The monoisotopic (exact) mass is 247 g/mol. The lowest BCUT2D eigenvalue weighted by atomic mass is 10.1. The highest BCUT2D eigenvalue weighted by atomic mass is 16.5. The van der Waals surface area contributed by atoms with E-state index in [1.165, 1.54) is 7.11 Å². The Morgan fingerprint density at radius 2 is 2.06 bits per heavy atom. The molecule has 4 nitrogen and oxygen atoms in total. The summed E-state index contributed by atoms with van der Waals surface area (Å²) in [5.41, 5.74) is 1.08. The quantitative estimate of drug-likeness (QED) is 0.765. The van der Waals surface area contributed by atoms with Crippen LogP contribution in [0, 0.1) is 5.92 Å². The maximum atomic E-state index is 11.9. The fraction of sp³-hybridized carbons (Fsp3) is 0.429. The highest BCUT2D eigenvalue weighted by Gasteiger charge is 2.37. The van der Waals surface area contributed by atoms with Gasteiger partial charge in [-0.2, -0.15) is 0 Å². The zero-order chi connectivity index (χ0) is 13.1. The summed E-state index contributed by atoms with van der Waals surface area (Å²) in [7, 11) is 1.36. The summed E-state index contributed by atoms with van der Waals surface area (Å²) >= 11 is 0. The van der Waals surface area contributed by atoms with Gasteiger partial charge in [-0.1, -0.05) is 30.3 Å². The first-order valence-corrected chi connectivity index (χ1v) is 6.05. The molecule has 2 atom stereocenters. The van der Waals surface area contributed by atoms with Crippen LogP contribution in [0.1, 0.15) is 24.9 Å². The van der Waals surface area contributed by atoms with Crippen molar-refractivity contribution >= 4 is 11.9 Å². The van der Waals surface area contributed by atoms with Gasteiger partial charge in [0.2, 0.25) is 5.91 Å². The third-order valence-corrected chi connectivity index (χ3v) is 3.44. The number of amides is 1. The number of benzene rings is 1. The zero-order valence-electron chi connectivity index (χ0n) is 10.6. The molecule has 0 radical (unpaired) electrons. The molecule has 1 aromatic carbocycles. The number of hydrogen-bond acceptors (Lipinski definition) is 3. The van der Waals surface area contributed by atoms with Gasteiger partial charge in [0.25, 0.3) is 0 Å². The Hall–Kier alpha value is -1.84. The molecule has 1 heterocycles. The van der Waals surface area contributed by atoms with Gasteiger partial charge in [0, 0.05) is 13.0 Å². The van der Waals surface area contributed by atoms with Crippen LogP contribution in [0.5, 0.6) is 0 Å². The molecular formula is C14H17NO3. The topological polar surface area (TPSA) is 46.6 Å². The van der Waals surface area contributed by atoms with Crippen molar-refractivity contribution in [2.75, 3.05) is 13.7 Å². The molecule has 1 unspecified atom stereocenters. The number of likely N-dealkylation sites (tertiary alicyclic amines) is 1. The Morgan fingerprint density at radius 1 is 1.39 bits per heavy atom. The van der Waals surface area contributed by atoms with Crippen LogP contribution in [0.3, 0.4) is 0 Å². The minimum atomic E-state index is -0.325. The maximum absolute atomic E-state index is 11.9. The molecule has 1 aliphatic rings. The fourth-order valence-corrected chi connectivity index (χ4v) is 2.34. The van der Waals surface area contributed by atoms with E-state index in [0.717, 1.165) is 5.56 Å². The summed E-state index contributed by atoms with van der Waals surface area (Å²) in [6.07, 6.45) is 0.254. The van der Waals surface area contributed by atoms with Crippen LogP contribution in [0.15, 0.2) is 30.3 Å². The molecule has 2 rings (SSSR count). The van der Waals surface area contributed by atoms with Crippen LogP contribution >= 0.6 is 0 Å². The zero-order valence-corrected chi connectivity index (χ0v) is 10.6. The number of hydrogen-bond donors (Lipinski definition) is 0. The Labute approximate surface area is 107 Å².